The molecule has 5 heteroatoms. The predicted molar refractivity (Wildman–Crippen MR) is 80.1 cm³/mol. The van der Waals surface area contributed by atoms with E-state index in [4.69, 9.17) is 5.26 Å². The van der Waals surface area contributed by atoms with Crippen molar-refractivity contribution in [2.75, 3.05) is 13.1 Å². The highest BCUT2D eigenvalue weighted by Gasteiger charge is 2.26. The zero-order valence-corrected chi connectivity index (χ0v) is 12.5. The van der Waals surface area contributed by atoms with Crippen LogP contribution in [0.5, 0.6) is 0 Å². The Hall–Kier alpha value is -1.93. The van der Waals surface area contributed by atoms with Gasteiger partial charge < -0.3 is 5.32 Å². The Morgan fingerprint density at radius 1 is 1.57 bits per heavy atom. The summed E-state index contributed by atoms with van der Waals surface area (Å²) in [5, 5.41) is 11.7. The second-order valence-electron chi connectivity index (χ2n) is 5.60. The largest absolute Gasteiger partial charge is 0.352 e. The molecule has 2 rings (SSSR count). The Labute approximate surface area is 126 Å². The summed E-state index contributed by atoms with van der Waals surface area (Å²) in [6, 6.07) is 6.33. The van der Waals surface area contributed by atoms with Crippen LogP contribution in [0.15, 0.2) is 24.5 Å². The molecule has 1 saturated heterocycles. The first kappa shape index (κ1) is 15.5. The van der Waals surface area contributed by atoms with Gasteiger partial charge in [0.2, 0.25) is 5.91 Å². The molecule has 1 N–H and O–H groups in total. The van der Waals surface area contributed by atoms with Crippen molar-refractivity contribution in [3.8, 4) is 6.07 Å². The molecule has 1 aromatic rings. The lowest BCUT2D eigenvalue weighted by molar-refractivity contribution is -0.126. The Morgan fingerprint density at radius 3 is 2.95 bits per heavy atom. The Morgan fingerprint density at radius 2 is 2.33 bits per heavy atom. The fourth-order valence-corrected chi connectivity index (χ4v) is 2.70. The van der Waals surface area contributed by atoms with E-state index in [2.05, 4.69) is 28.2 Å². The molecule has 0 aromatic carbocycles. The van der Waals surface area contributed by atoms with Gasteiger partial charge in [-0.3, -0.25) is 14.7 Å². The van der Waals surface area contributed by atoms with Crippen molar-refractivity contribution in [3.05, 3.63) is 30.1 Å². The molecule has 0 radical (unpaired) electrons. The molecule has 0 spiro atoms. The summed E-state index contributed by atoms with van der Waals surface area (Å²) < 4.78 is 0. The minimum Gasteiger partial charge on any atom is -0.352 e. The van der Waals surface area contributed by atoms with Crippen LogP contribution in [0.25, 0.3) is 0 Å². The highest BCUT2D eigenvalue weighted by Crippen LogP contribution is 2.20. The maximum atomic E-state index is 12.2. The maximum absolute atomic E-state index is 12.2. The van der Waals surface area contributed by atoms with Crippen molar-refractivity contribution in [2.24, 2.45) is 5.92 Å². The van der Waals surface area contributed by atoms with Gasteiger partial charge in [-0.15, -0.1) is 0 Å². The zero-order valence-electron chi connectivity index (χ0n) is 12.5. The highest BCUT2D eigenvalue weighted by molar-refractivity contribution is 5.78. The molecule has 1 aliphatic heterocycles. The fourth-order valence-electron chi connectivity index (χ4n) is 2.70. The summed E-state index contributed by atoms with van der Waals surface area (Å²) in [5.74, 6) is 0.221. The molecule has 1 aliphatic rings. The number of nitrogens with zero attached hydrogens (tertiary/aromatic N) is 3. The van der Waals surface area contributed by atoms with Crippen LogP contribution in [-0.2, 0) is 11.3 Å². The first-order valence-electron chi connectivity index (χ1n) is 7.48. The van der Waals surface area contributed by atoms with Gasteiger partial charge >= 0.3 is 0 Å². The molecule has 1 aromatic heterocycles. The molecule has 0 bridgehead atoms. The smallest absolute Gasteiger partial charge is 0.223 e. The minimum absolute atomic E-state index is 0.0900. The number of pyridine rings is 1. The van der Waals surface area contributed by atoms with Crippen molar-refractivity contribution < 1.29 is 4.79 Å². The molecule has 1 amide bonds. The quantitative estimate of drug-likeness (QED) is 0.894. The summed E-state index contributed by atoms with van der Waals surface area (Å²) >= 11 is 0. The Balaban J connectivity index is 1.74. The first-order chi connectivity index (χ1) is 10.2. The van der Waals surface area contributed by atoms with Crippen LogP contribution in [0.2, 0.25) is 0 Å². The molecule has 0 unspecified atom stereocenters. The minimum atomic E-state index is 0.0900. The van der Waals surface area contributed by atoms with E-state index in [1.807, 2.05) is 12.1 Å². The molecule has 2 heterocycles. The molecule has 1 fully saturated rings. The lowest BCUT2D eigenvalue weighted by Gasteiger charge is -2.34. The summed E-state index contributed by atoms with van der Waals surface area (Å²) in [6.07, 6.45) is 5.79. The monoisotopic (exact) mass is 286 g/mol. The third-order valence-electron chi connectivity index (χ3n) is 4.10. The second-order valence-corrected chi connectivity index (χ2v) is 5.60. The number of amides is 1. The SMILES string of the molecule is C[C@@H](CC#N)N1CCC(C(=O)NCc2cccnc2)CC1. The second kappa shape index (κ2) is 7.75. The number of hydrogen-bond donors (Lipinski definition) is 1. The van der Waals surface area contributed by atoms with Crippen LogP contribution in [0.1, 0.15) is 31.7 Å². The van der Waals surface area contributed by atoms with E-state index in [0.717, 1.165) is 31.5 Å². The van der Waals surface area contributed by atoms with Crippen molar-refractivity contribution in [1.82, 2.24) is 15.2 Å². The van der Waals surface area contributed by atoms with Gasteiger partial charge in [-0.25, -0.2) is 0 Å². The number of nitriles is 1. The van der Waals surface area contributed by atoms with Gasteiger partial charge in [-0.05, 0) is 44.5 Å². The molecular formula is C16H22N4O. The van der Waals surface area contributed by atoms with E-state index < -0.39 is 0 Å². The highest BCUT2D eigenvalue weighted by atomic mass is 16.1. The molecule has 0 saturated carbocycles. The van der Waals surface area contributed by atoms with Crippen molar-refractivity contribution >= 4 is 5.91 Å². The van der Waals surface area contributed by atoms with Gasteiger partial charge in [0.05, 0.1) is 12.5 Å². The first-order valence-corrected chi connectivity index (χ1v) is 7.48. The van der Waals surface area contributed by atoms with Crippen LogP contribution in [0, 0.1) is 17.2 Å². The van der Waals surface area contributed by atoms with Crippen molar-refractivity contribution in [2.45, 2.75) is 38.8 Å². The van der Waals surface area contributed by atoms with E-state index in [-0.39, 0.29) is 17.9 Å². The van der Waals surface area contributed by atoms with Crippen LogP contribution in [0.3, 0.4) is 0 Å². The van der Waals surface area contributed by atoms with Gasteiger partial charge in [0.1, 0.15) is 0 Å². The van der Waals surface area contributed by atoms with Crippen molar-refractivity contribution in [3.63, 3.8) is 0 Å². The Kier molecular flexibility index (Phi) is 5.70. The summed E-state index contributed by atoms with van der Waals surface area (Å²) in [5.41, 5.74) is 1.02. The number of carbonyl (C=O) groups excluding carboxylic acids is 1. The number of piperidine rings is 1. The topological polar surface area (TPSA) is 69.0 Å². The fraction of sp³-hybridized carbons (Fsp3) is 0.562. The number of carbonyl (C=O) groups is 1. The van der Waals surface area contributed by atoms with Gasteiger partial charge in [-0.1, -0.05) is 6.07 Å². The molecule has 21 heavy (non-hydrogen) atoms. The number of nitrogens with one attached hydrogen (secondary N) is 1. The van der Waals surface area contributed by atoms with Gasteiger partial charge in [0.15, 0.2) is 0 Å². The maximum Gasteiger partial charge on any atom is 0.223 e. The van der Waals surface area contributed by atoms with E-state index in [0.29, 0.717) is 13.0 Å². The van der Waals surface area contributed by atoms with Crippen LogP contribution < -0.4 is 5.32 Å². The van der Waals surface area contributed by atoms with E-state index in [1.165, 1.54) is 0 Å². The number of likely N-dealkylation sites (tertiary alicyclic amines) is 1. The van der Waals surface area contributed by atoms with Crippen LogP contribution in [0.4, 0.5) is 0 Å². The predicted octanol–water partition coefficient (Wildman–Crippen LogP) is 1.71. The molecule has 0 aliphatic carbocycles. The summed E-state index contributed by atoms with van der Waals surface area (Å²) in [6.45, 7) is 4.41. The van der Waals surface area contributed by atoms with Gasteiger partial charge in [-0.2, -0.15) is 5.26 Å². The molecular weight excluding hydrogens is 264 g/mol. The third kappa shape index (κ3) is 4.54. The number of hydrogen-bond acceptors (Lipinski definition) is 4. The summed E-state index contributed by atoms with van der Waals surface area (Å²) in [7, 11) is 0. The average molecular weight is 286 g/mol. The molecule has 5 nitrogen and oxygen atoms in total. The van der Waals surface area contributed by atoms with Crippen LogP contribution in [-0.4, -0.2) is 34.9 Å². The summed E-state index contributed by atoms with van der Waals surface area (Å²) in [4.78, 5) is 18.5. The standard InChI is InChI=1S/C16H22N4O/c1-13(4-7-17)20-9-5-15(6-10-20)16(21)19-12-14-3-2-8-18-11-14/h2-3,8,11,13,15H,4-6,9-10,12H2,1H3,(H,19,21)/t13-/m0/s1. The molecule has 1 atom stereocenters. The average Bonchev–Trinajstić information content (AvgIpc) is 2.54. The van der Waals surface area contributed by atoms with Gasteiger partial charge in [0, 0.05) is 30.9 Å². The molecule has 112 valence electrons. The Bertz CT molecular complexity index is 489. The zero-order chi connectivity index (χ0) is 15.1. The van der Waals surface area contributed by atoms with Crippen molar-refractivity contribution in [1.29, 1.82) is 5.26 Å². The number of rotatable bonds is 5. The lowest BCUT2D eigenvalue weighted by atomic mass is 9.94. The van der Waals surface area contributed by atoms with E-state index in [9.17, 15) is 4.79 Å². The normalized spacial score (nSPS) is 17.9. The van der Waals surface area contributed by atoms with Gasteiger partial charge in [0.25, 0.3) is 0 Å². The van der Waals surface area contributed by atoms with Crippen LogP contribution >= 0.6 is 0 Å². The third-order valence-corrected chi connectivity index (χ3v) is 4.10. The van der Waals surface area contributed by atoms with E-state index in [1.54, 1.807) is 12.4 Å². The lowest BCUT2D eigenvalue weighted by Crippen LogP contribution is -2.43. The number of aromatic nitrogens is 1. The van der Waals surface area contributed by atoms with E-state index >= 15 is 0 Å².